The van der Waals surface area contributed by atoms with Crippen molar-refractivity contribution in [2.24, 2.45) is 0 Å². The molecule has 1 aromatic rings. The van der Waals surface area contributed by atoms with Gasteiger partial charge < -0.3 is 20.1 Å². The summed E-state index contributed by atoms with van der Waals surface area (Å²) in [5.41, 5.74) is -0.500. The fourth-order valence-electron chi connectivity index (χ4n) is 2.86. The van der Waals surface area contributed by atoms with Gasteiger partial charge in [0.05, 0.1) is 13.1 Å². The molecule has 1 heterocycles. The Labute approximate surface area is 171 Å². The molecule has 2 N–H and O–H groups in total. The van der Waals surface area contributed by atoms with Crippen molar-refractivity contribution < 1.29 is 19.1 Å². The Bertz CT molecular complexity index is 638. The van der Waals surface area contributed by atoms with Crippen LogP contribution in [-0.2, 0) is 9.53 Å². The topological polar surface area (TPSA) is 79.9 Å². The summed E-state index contributed by atoms with van der Waals surface area (Å²) in [4.78, 5) is 26.0. The zero-order valence-electron chi connectivity index (χ0n) is 16.8. The van der Waals surface area contributed by atoms with Crippen molar-refractivity contribution in [2.75, 3.05) is 32.8 Å². The molecule has 0 unspecified atom stereocenters. The first-order valence-electron chi connectivity index (χ1n) is 9.58. The van der Waals surface area contributed by atoms with Gasteiger partial charge in [0.15, 0.2) is 0 Å². The van der Waals surface area contributed by atoms with Gasteiger partial charge in [0.2, 0.25) is 5.91 Å². The molecule has 0 spiro atoms. The molecule has 1 aromatic carbocycles. The van der Waals surface area contributed by atoms with Gasteiger partial charge in [-0.15, -0.1) is 0 Å². The lowest BCUT2D eigenvalue weighted by Gasteiger charge is -2.32. The second-order valence-corrected chi connectivity index (χ2v) is 8.29. The summed E-state index contributed by atoms with van der Waals surface area (Å²) in [6.45, 7) is 8.23. The van der Waals surface area contributed by atoms with Crippen LogP contribution in [0.15, 0.2) is 24.3 Å². The number of carbonyl (C=O) groups excluding carboxylic acids is 2. The molecule has 2 amide bonds. The zero-order chi connectivity index (χ0) is 20.6. The number of ether oxygens (including phenoxy) is 2. The van der Waals surface area contributed by atoms with Crippen LogP contribution in [0.4, 0.5) is 4.79 Å². The molecule has 0 radical (unpaired) electrons. The molecule has 8 heteroatoms. The number of piperidine rings is 1. The van der Waals surface area contributed by atoms with Crippen LogP contribution in [0.25, 0.3) is 0 Å². The zero-order valence-corrected chi connectivity index (χ0v) is 17.6. The van der Waals surface area contributed by atoms with Gasteiger partial charge >= 0.3 is 6.09 Å². The highest BCUT2D eigenvalue weighted by atomic mass is 35.5. The number of amides is 2. The average molecular weight is 412 g/mol. The lowest BCUT2D eigenvalue weighted by atomic mass is 10.1. The minimum absolute atomic E-state index is 0.0294. The molecular formula is C20H30ClN3O4. The number of rotatable bonds is 7. The van der Waals surface area contributed by atoms with Crippen LogP contribution in [0, 0.1) is 0 Å². The molecule has 0 saturated carbocycles. The van der Waals surface area contributed by atoms with E-state index in [1.54, 1.807) is 24.3 Å². The standard InChI is InChI=1S/C20H30ClN3O4/c1-20(2,3)28-19(26)23-16-8-11-24(12-9-16)14-18(25)22-10-13-27-17-6-4-15(21)5-7-17/h4-7,16H,8-14H2,1-3H3,(H,22,25)(H,23,26). The Hall–Kier alpha value is -1.99. The van der Waals surface area contributed by atoms with Crippen molar-refractivity contribution >= 4 is 23.6 Å². The highest BCUT2D eigenvalue weighted by molar-refractivity contribution is 6.30. The monoisotopic (exact) mass is 411 g/mol. The summed E-state index contributed by atoms with van der Waals surface area (Å²) in [7, 11) is 0. The minimum atomic E-state index is -0.500. The van der Waals surface area contributed by atoms with Crippen LogP contribution in [-0.4, -0.2) is 61.3 Å². The largest absolute Gasteiger partial charge is 0.492 e. The third-order valence-corrected chi connectivity index (χ3v) is 4.43. The molecule has 1 saturated heterocycles. The first-order chi connectivity index (χ1) is 13.2. The van der Waals surface area contributed by atoms with Gasteiger partial charge in [-0.25, -0.2) is 4.79 Å². The van der Waals surface area contributed by atoms with Crippen LogP contribution >= 0.6 is 11.6 Å². The van der Waals surface area contributed by atoms with E-state index in [2.05, 4.69) is 15.5 Å². The molecule has 0 aliphatic carbocycles. The summed E-state index contributed by atoms with van der Waals surface area (Å²) < 4.78 is 10.8. The Kier molecular flexibility index (Phi) is 8.38. The molecule has 156 valence electrons. The average Bonchev–Trinajstić information content (AvgIpc) is 2.60. The van der Waals surface area contributed by atoms with E-state index in [0.29, 0.717) is 24.7 Å². The number of nitrogens with one attached hydrogen (secondary N) is 2. The predicted molar refractivity (Wildman–Crippen MR) is 109 cm³/mol. The SMILES string of the molecule is CC(C)(C)OC(=O)NC1CCN(CC(=O)NCCOc2ccc(Cl)cc2)CC1. The quantitative estimate of drug-likeness (QED) is 0.674. The van der Waals surface area contributed by atoms with E-state index >= 15 is 0 Å². The van der Waals surface area contributed by atoms with Crippen LogP contribution < -0.4 is 15.4 Å². The van der Waals surface area contributed by atoms with Crippen molar-refractivity contribution in [3.63, 3.8) is 0 Å². The Morgan fingerprint density at radius 1 is 1.18 bits per heavy atom. The smallest absolute Gasteiger partial charge is 0.407 e. The highest BCUT2D eigenvalue weighted by Gasteiger charge is 2.24. The molecule has 2 rings (SSSR count). The molecule has 7 nitrogen and oxygen atoms in total. The first kappa shape index (κ1) is 22.3. The van der Waals surface area contributed by atoms with E-state index in [0.717, 1.165) is 31.7 Å². The van der Waals surface area contributed by atoms with E-state index in [1.807, 2.05) is 20.8 Å². The normalized spacial score (nSPS) is 15.7. The van der Waals surface area contributed by atoms with Crippen LogP contribution in [0.5, 0.6) is 5.75 Å². The number of alkyl carbamates (subject to hydrolysis) is 1. The minimum Gasteiger partial charge on any atom is -0.492 e. The highest BCUT2D eigenvalue weighted by Crippen LogP contribution is 2.15. The Morgan fingerprint density at radius 3 is 2.43 bits per heavy atom. The molecule has 0 aromatic heterocycles. The maximum Gasteiger partial charge on any atom is 0.407 e. The van der Waals surface area contributed by atoms with E-state index in [9.17, 15) is 9.59 Å². The molecule has 28 heavy (non-hydrogen) atoms. The predicted octanol–water partition coefficient (Wildman–Crippen LogP) is 2.82. The molecule has 1 fully saturated rings. The summed E-state index contributed by atoms with van der Waals surface area (Å²) >= 11 is 5.82. The van der Waals surface area contributed by atoms with E-state index in [1.165, 1.54) is 0 Å². The van der Waals surface area contributed by atoms with Crippen molar-refractivity contribution in [2.45, 2.75) is 45.3 Å². The van der Waals surface area contributed by atoms with Gasteiger partial charge in [-0.2, -0.15) is 0 Å². The van der Waals surface area contributed by atoms with Gasteiger partial charge in [-0.1, -0.05) is 11.6 Å². The third kappa shape index (κ3) is 8.80. The van der Waals surface area contributed by atoms with Crippen LogP contribution in [0.2, 0.25) is 5.02 Å². The number of hydrogen-bond acceptors (Lipinski definition) is 5. The molecule has 1 aliphatic rings. The van der Waals surface area contributed by atoms with Crippen molar-refractivity contribution in [3.05, 3.63) is 29.3 Å². The Balaban J connectivity index is 1.57. The summed E-state index contributed by atoms with van der Waals surface area (Å²) in [6, 6.07) is 7.19. The first-order valence-corrected chi connectivity index (χ1v) is 9.96. The van der Waals surface area contributed by atoms with E-state index < -0.39 is 5.60 Å². The molecular weight excluding hydrogens is 382 g/mol. The molecule has 0 atom stereocenters. The van der Waals surface area contributed by atoms with Gasteiger partial charge in [0.25, 0.3) is 0 Å². The molecule has 0 bridgehead atoms. The molecule has 1 aliphatic heterocycles. The number of likely N-dealkylation sites (tertiary alicyclic amines) is 1. The van der Waals surface area contributed by atoms with E-state index in [-0.39, 0.29) is 18.0 Å². The second kappa shape index (κ2) is 10.5. The van der Waals surface area contributed by atoms with Crippen LogP contribution in [0.3, 0.4) is 0 Å². The fraction of sp³-hybridized carbons (Fsp3) is 0.600. The maximum absolute atomic E-state index is 12.1. The van der Waals surface area contributed by atoms with Crippen LogP contribution in [0.1, 0.15) is 33.6 Å². The summed E-state index contributed by atoms with van der Waals surface area (Å²) in [6.07, 6.45) is 1.21. The van der Waals surface area contributed by atoms with Crippen molar-refractivity contribution in [1.82, 2.24) is 15.5 Å². The number of benzene rings is 1. The maximum atomic E-state index is 12.1. The summed E-state index contributed by atoms with van der Waals surface area (Å²) in [5, 5.41) is 6.41. The number of carbonyl (C=O) groups is 2. The number of hydrogen-bond donors (Lipinski definition) is 2. The van der Waals surface area contributed by atoms with E-state index in [4.69, 9.17) is 21.1 Å². The Morgan fingerprint density at radius 2 is 1.82 bits per heavy atom. The summed E-state index contributed by atoms with van der Waals surface area (Å²) in [5.74, 6) is 0.691. The van der Waals surface area contributed by atoms with Gasteiger partial charge in [0, 0.05) is 24.2 Å². The number of nitrogens with zero attached hydrogens (tertiary/aromatic N) is 1. The lowest BCUT2D eigenvalue weighted by molar-refractivity contribution is -0.122. The second-order valence-electron chi connectivity index (χ2n) is 7.85. The van der Waals surface area contributed by atoms with Gasteiger partial charge in [-0.05, 0) is 57.9 Å². The third-order valence-electron chi connectivity index (χ3n) is 4.18. The van der Waals surface area contributed by atoms with Crippen molar-refractivity contribution in [3.8, 4) is 5.75 Å². The van der Waals surface area contributed by atoms with Crippen molar-refractivity contribution in [1.29, 1.82) is 0 Å². The van der Waals surface area contributed by atoms with Gasteiger partial charge in [-0.3, -0.25) is 9.69 Å². The fourth-order valence-corrected chi connectivity index (χ4v) is 2.98. The van der Waals surface area contributed by atoms with Gasteiger partial charge in [0.1, 0.15) is 18.0 Å². The number of halogens is 1. The lowest BCUT2D eigenvalue weighted by Crippen LogP contribution is -2.48.